The number of benzene rings is 1. The van der Waals surface area contributed by atoms with E-state index in [4.69, 9.17) is 9.57 Å². The van der Waals surface area contributed by atoms with Crippen molar-refractivity contribution < 1.29 is 27.5 Å². The summed E-state index contributed by atoms with van der Waals surface area (Å²) in [5.74, 6) is 0.124. The first kappa shape index (κ1) is 24.4. The van der Waals surface area contributed by atoms with Gasteiger partial charge in [0.25, 0.3) is 5.56 Å². The second-order valence-corrected chi connectivity index (χ2v) is 8.78. The number of hydrogen-bond acceptors (Lipinski definition) is 6. The van der Waals surface area contributed by atoms with E-state index in [1.165, 1.54) is 24.1 Å². The molecule has 2 aromatic rings. The van der Waals surface area contributed by atoms with Gasteiger partial charge in [0.1, 0.15) is 12.7 Å². The van der Waals surface area contributed by atoms with Crippen molar-refractivity contribution in [1.82, 2.24) is 14.6 Å². The van der Waals surface area contributed by atoms with Crippen LogP contribution in [-0.2, 0) is 23.9 Å². The van der Waals surface area contributed by atoms with Crippen molar-refractivity contribution in [3.8, 4) is 0 Å². The third-order valence-corrected chi connectivity index (χ3v) is 5.11. The van der Waals surface area contributed by atoms with E-state index >= 15 is 0 Å². The van der Waals surface area contributed by atoms with Crippen LogP contribution in [0.3, 0.4) is 0 Å². The van der Waals surface area contributed by atoms with Crippen molar-refractivity contribution in [2.24, 2.45) is 0 Å². The highest BCUT2D eigenvalue weighted by Gasteiger charge is 2.31. The molecular weight excluding hydrogens is 441 g/mol. The normalized spacial score (nSPS) is 15.0. The SMILES string of the molecule is COn1c(NC(C)c2ccc(C(F)(F)F)cc2)nc2c(c1=O)CN(C(=O)OC(C)(C)C)CC2. The van der Waals surface area contributed by atoms with E-state index in [0.717, 1.165) is 16.9 Å². The Balaban J connectivity index is 1.83. The number of ether oxygens (including phenoxy) is 1. The van der Waals surface area contributed by atoms with Crippen molar-refractivity contribution in [3.05, 3.63) is 57.0 Å². The van der Waals surface area contributed by atoms with Crippen molar-refractivity contribution in [2.45, 2.75) is 58.5 Å². The van der Waals surface area contributed by atoms with Gasteiger partial charge in [0.05, 0.1) is 29.4 Å². The average molecular weight is 468 g/mol. The first-order valence-corrected chi connectivity index (χ1v) is 10.4. The summed E-state index contributed by atoms with van der Waals surface area (Å²) < 4.78 is 44.8. The molecule has 0 saturated carbocycles. The predicted molar refractivity (Wildman–Crippen MR) is 115 cm³/mol. The van der Waals surface area contributed by atoms with Gasteiger partial charge >= 0.3 is 12.3 Å². The molecule has 1 aromatic heterocycles. The van der Waals surface area contributed by atoms with Gasteiger partial charge in [-0.25, -0.2) is 9.78 Å². The Morgan fingerprint density at radius 2 is 1.82 bits per heavy atom. The minimum Gasteiger partial charge on any atom is -0.444 e. The van der Waals surface area contributed by atoms with E-state index in [2.05, 4.69) is 10.3 Å². The fraction of sp³-hybridized carbons (Fsp3) is 0.500. The van der Waals surface area contributed by atoms with Crippen LogP contribution in [0.15, 0.2) is 29.1 Å². The molecule has 11 heteroatoms. The lowest BCUT2D eigenvalue weighted by atomic mass is 10.1. The maximum Gasteiger partial charge on any atom is 0.416 e. The van der Waals surface area contributed by atoms with E-state index in [1.807, 2.05) is 0 Å². The van der Waals surface area contributed by atoms with Crippen LogP contribution in [0.2, 0.25) is 0 Å². The number of hydrogen-bond donors (Lipinski definition) is 1. The molecule has 180 valence electrons. The Morgan fingerprint density at radius 1 is 1.18 bits per heavy atom. The molecule has 0 saturated heterocycles. The van der Waals surface area contributed by atoms with Crippen molar-refractivity contribution in [3.63, 3.8) is 0 Å². The number of carbonyl (C=O) groups excluding carboxylic acids is 1. The van der Waals surface area contributed by atoms with Gasteiger partial charge in [-0.3, -0.25) is 4.79 Å². The van der Waals surface area contributed by atoms with Gasteiger partial charge in [-0.15, -0.1) is 4.73 Å². The number of nitrogens with one attached hydrogen (secondary N) is 1. The molecule has 1 N–H and O–H groups in total. The van der Waals surface area contributed by atoms with Gasteiger partial charge in [-0.1, -0.05) is 12.1 Å². The van der Waals surface area contributed by atoms with Crippen LogP contribution < -0.4 is 15.7 Å². The molecule has 1 unspecified atom stereocenters. The van der Waals surface area contributed by atoms with Crippen molar-refractivity contribution >= 4 is 12.0 Å². The molecule has 1 aliphatic heterocycles. The number of aromatic nitrogens is 2. The molecule has 1 aromatic carbocycles. The van der Waals surface area contributed by atoms with E-state index in [0.29, 0.717) is 29.8 Å². The minimum atomic E-state index is -4.42. The van der Waals surface area contributed by atoms with Crippen LogP contribution in [-0.4, -0.2) is 40.0 Å². The standard InChI is InChI=1S/C22H27F3N4O4/c1-13(14-6-8-15(9-7-14)22(23,24)25)26-19-27-17-10-11-28(20(31)33-21(2,3)4)12-16(17)18(30)29(19)32-5/h6-9,13H,10-12H2,1-5H3,(H,26,27). The summed E-state index contributed by atoms with van der Waals surface area (Å²) in [6, 6.07) is 4.28. The Hall–Kier alpha value is -3.24. The fourth-order valence-electron chi connectivity index (χ4n) is 3.44. The molecule has 3 rings (SSSR count). The largest absolute Gasteiger partial charge is 0.444 e. The lowest BCUT2D eigenvalue weighted by Crippen LogP contribution is -2.44. The zero-order chi connectivity index (χ0) is 24.6. The van der Waals surface area contributed by atoms with Gasteiger partial charge in [-0.2, -0.15) is 13.2 Å². The van der Waals surface area contributed by atoms with Gasteiger partial charge < -0.3 is 19.8 Å². The van der Waals surface area contributed by atoms with Crippen molar-refractivity contribution in [1.29, 1.82) is 0 Å². The second-order valence-electron chi connectivity index (χ2n) is 8.78. The molecular formula is C22H27F3N4O4. The molecule has 1 aliphatic rings. The van der Waals surface area contributed by atoms with Crippen molar-refractivity contribution in [2.75, 3.05) is 19.0 Å². The quantitative estimate of drug-likeness (QED) is 0.735. The summed E-state index contributed by atoms with van der Waals surface area (Å²) in [4.78, 5) is 36.6. The highest BCUT2D eigenvalue weighted by atomic mass is 19.4. The maximum absolute atomic E-state index is 13.0. The zero-order valence-electron chi connectivity index (χ0n) is 19.1. The molecule has 0 fully saturated rings. The Bertz CT molecular complexity index is 1080. The molecule has 0 spiro atoms. The zero-order valence-corrected chi connectivity index (χ0v) is 19.1. The van der Waals surface area contributed by atoms with Crippen LogP contribution >= 0.6 is 0 Å². The van der Waals surface area contributed by atoms with E-state index in [9.17, 15) is 22.8 Å². The third kappa shape index (κ3) is 5.58. The van der Waals surface area contributed by atoms with Gasteiger partial charge in [0.2, 0.25) is 5.95 Å². The number of fused-ring (bicyclic) bond motifs is 1. The smallest absolute Gasteiger partial charge is 0.416 e. The maximum atomic E-state index is 13.0. The number of anilines is 1. The molecule has 1 amide bonds. The third-order valence-electron chi connectivity index (χ3n) is 5.11. The second kappa shape index (κ2) is 8.95. The minimum absolute atomic E-state index is 0.0359. The van der Waals surface area contributed by atoms with Crippen LogP contribution in [0.1, 0.15) is 56.1 Å². The predicted octanol–water partition coefficient (Wildman–Crippen LogP) is 3.79. The van der Waals surface area contributed by atoms with E-state index in [-0.39, 0.29) is 12.5 Å². The number of nitrogens with zero attached hydrogens (tertiary/aromatic N) is 3. The Morgan fingerprint density at radius 3 is 2.36 bits per heavy atom. The molecule has 1 atom stereocenters. The summed E-state index contributed by atoms with van der Waals surface area (Å²) in [6.07, 6.45) is -4.59. The summed E-state index contributed by atoms with van der Waals surface area (Å²) in [7, 11) is 1.30. The Kier molecular flexibility index (Phi) is 6.62. The van der Waals surface area contributed by atoms with Crippen LogP contribution in [0.4, 0.5) is 23.9 Å². The molecule has 2 heterocycles. The lowest BCUT2D eigenvalue weighted by Gasteiger charge is -2.31. The van der Waals surface area contributed by atoms with Gasteiger partial charge in [-0.05, 0) is 45.4 Å². The highest BCUT2D eigenvalue weighted by molar-refractivity contribution is 5.68. The summed E-state index contributed by atoms with van der Waals surface area (Å²) >= 11 is 0. The topological polar surface area (TPSA) is 85.7 Å². The molecule has 0 bridgehead atoms. The van der Waals surface area contributed by atoms with E-state index < -0.39 is 35.0 Å². The summed E-state index contributed by atoms with van der Waals surface area (Å²) in [5.41, 5.74) is -0.456. The fourth-order valence-corrected chi connectivity index (χ4v) is 3.44. The van der Waals surface area contributed by atoms with Crippen LogP contribution in [0.5, 0.6) is 0 Å². The Labute approximate surface area is 189 Å². The van der Waals surface area contributed by atoms with E-state index in [1.54, 1.807) is 27.7 Å². The van der Waals surface area contributed by atoms with Crippen LogP contribution in [0.25, 0.3) is 0 Å². The van der Waals surface area contributed by atoms with Gasteiger partial charge in [0, 0.05) is 13.0 Å². The van der Waals surface area contributed by atoms with Crippen LogP contribution in [0, 0.1) is 0 Å². The molecule has 8 nitrogen and oxygen atoms in total. The monoisotopic (exact) mass is 468 g/mol. The molecule has 0 aliphatic carbocycles. The summed E-state index contributed by atoms with van der Waals surface area (Å²) in [6.45, 7) is 7.39. The number of carbonyl (C=O) groups is 1. The molecule has 33 heavy (non-hydrogen) atoms. The highest BCUT2D eigenvalue weighted by Crippen LogP contribution is 2.30. The number of alkyl halides is 3. The van der Waals surface area contributed by atoms with Gasteiger partial charge in [0.15, 0.2) is 0 Å². The molecule has 0 radical (unpaired) electrons. The lowest BCUT2D eigenvalue weighted by molar-refractivity contribution is -0.137. The number of rotatable bonds is 4. The first-order valence-electron chi connectivity index (χ1n) is 10.4. The first-order chi connectivity index (χ1) is 15.3. The summed E-state index contributed by atoms with van der Waals surface area (Å²) in [5, 5.41) is 3.03. The number of halogens is 3. The average Bonchev–Trinajstić information content (AvgIpc) is 2.72. The number of amides is 1.